The Morgan fingerprint density at radius 2 is 2.56 bits per heavy atom. The highest BCUT2D eigenvalue weighted by Gasteiger charge is 2.39. The summed E-state index contributed by atoms with van der Waals surface area (Å²) >= 11 is 0. The van der Waals surface area contributed by atoms with E-state index in [0.29, 0.717) is 31.1 Å². The van der Waals surface area contributed by atoms with E-state index in [1.54, 1.807) is 17.9 Å². The van der Waals surface area contributed by atoms with Crippen LogP contribution in [0, 0.1) is 0 Å². The first-order valence-electron chi connectivity index (χ1n) is 5.38. The van der Waals surface area contributed by atoms with Crippen molar-refractivity contribution < 1.29 is 9.84 Å². The van der Waals surface area contributed by atoms with E-state index in [1.807, 2.05) is 6.92 Å². The maximum Gasteiger partial charge on any atom is 0.171 e. The lowest BCUT2D eigenvalue weighted by Crippen LogP contribution is -2.43. The second-order valence-electron chi connectivity index (χ2n) is 4.33. The molecule has 1 aromatic rings. The van der Waals surface area contributed by atoms with Gasteiger partial charge < -0.3 is 20.9 Å². The van der Waals surface area contributed by atoms with Crippen LogP contribution in [0.4, 0.5) is 11.5 Å². The van der Waals surface area contributed by atoms with Gasteiger partial charge in [-0.15, -0.1) is 0 Å². The highest BCUT2D eigenvalue weighted by atomic mass is 16.5. The number of hydrogen-bond acceptors (Lipinski definition) is 5. The smallest absolute Gasteiger partial charge is 0.171 e. The van der Waals surface area contributed by atoms with E-state index in [1.165, 1.54) is 0 Å². The molecular formula is C10H18N4O2. The number of nitrogens with one attached hydrogen (secondary N) is 1. The predicted molar refractivity (Wildman–Crippen MR) is 61.1 cm³/mol. The van der Waals surface area contributed by atoms with Gasteiger partial charge >= 0.3 is 0 Å². The molecule has 0 bridgehead atoms. The van der Waals surface area contributed by atoms with Crippen LogP contribution in [0.25, 0.3) is 0 Å². The number of rotatable bonds is 3. The van der Waals surface area contributed by atoms with Crippen molar-refractivity contribution in [3.05, 3.63) is 6.20 Å². The summed E-state index contributed by atoms with van der Waals surface area (Å²) in [6, 6.07) is 0. The third-order valence-electron chi connectivity index (χ3n) is 3.08. The molecule has 2 atom stereocenters. The first-order valence-corrected chi connectivity index (χ1v) is 5.38. The number of hydrogen-bond donors (Lipinski definition) is 3. The lowest BCUT2D eigenvalue weighted by atomic mass is 9.97. The van der Waals surface area contributed by atoms with Crippen LogP contribution in [0.2, 0.25) is 0 Å². The van der Waals surface area contributed by atoms with Gasteiger partial charge in [0.15, 0.2) is 5.82 Å². The summed E-state index contributed by atoms with van der Waals surface area (Å²) < 4.78 is 6.98. The van der Waals surface area contributed by atoms with Crippen molar-refractivity contribution in [1.82, 2.24) is 9.78 Å². The first kappa shape index (κ1) is 11.2. The lowest BCUT2D eigenvalue weighted by Gasteiger charge is -2.26. The molecule has 0 aliphatic carbocycles. The molecule has 6 heteroatoms. The molecule has 1 saturated heterocycles. The van der Waals surface area contributed by atoms with Gasteiger partial charge in [-0.2, -0.15) is 5.10 Å². The summed E-state index contributed by atoms with van der Waals surface area (Å²) in [6.07, 6.45) is 2.19. The van der Waals surface area contributed by atoms with E-state index >= 15 is 0 Å². The van der Waals surface area contributed by atoms with Crippen molar-refractivity contribution in [2.75, 3.05) is 24.2 Å². The fourth-order valence-electron chi connectivity index (χ4n) is 1.88. The number of nitrogens with two attached hydrogens (primary N) is 1. The molecule has 0 spiro atoms. The van der Waals surface area contributed by atoms with Crippen LogP contribution in [-0.2, 0) is 11.8 Å². The fourth-order valence-corrected chi connectivity index (χ4v) is 1.88. The molecule has 2 rings (SSSR count). The Morgan fingerprint density at radius 1 is 1.81 bits per heavy atom. The molecule has 0 saturated carbocycles. The maximum atomic E-state index is 10.3. The van der Waals surface area contributed by atoms with Gasteiger partial charge in [0.2, 0.25) is 0 Å². The van der Waals surface area contributed by atoms with Crippen molar-refractivity contribution in [3.63, 3.8) is 0 Å². The number of aryl methyl sites for hydroxylation is 1. The molecule has 0 amide bonds. The number of nitrogen functional groups attached to an aromatic ring is 1. The fraction of sp³-hybridized carbons (Fsp3) is 0.700. The molecule has 16 heavy (non-hydrogen) atoms. The van der Waals surface area contributed by atoms with Crippen molar-refractivity contribution in [2.45, 2.75) is 25.0 Å². The molecule has 0 radical (unpaired) electrons. The standard InChI is InChI=1S/C10H18N4O2/c1-7-10(15,3-4-16-7)6-12-9-8(11)5-14(2)13-9/h5,7,15H,3-4,6,11H2,1-2H3,(H,12,13). The van der Waals surface area contributed by atoms with Crippen LogP contribution in [0.1, 0.15) is 13.3 Å². The van der Waals surface area contributed by atoms with Crippen molar-refractivity contribution in [1.29, 1.82) is 0 Å². The molecule has 1 aromatic heterocycles. The Hall–Kier alpha value is -1.27. The molecule has 4 N–H and O–H groups in total. The summed E-state index contributed by atoms with van der Waals surface area (Å²) in [4.78, 5) is 0. The van der Waals surface area contributed by atoms with Crippen molar-refractivity contribution >= 4 is 11.5 Å². The topological polar surface area (TPSA) is 85.3 Å². The summed E-state index contributed by atoms with van der Waals surface area (Å²) in [5.74, 6) is 0.607. The Morgan fingerprint density at radius 3 is 3.06 bits per heavy atom. The largest absolute Gasteiger partial charge is 0.394 e. The zero-order chi connectivity index (χ0) is 11.8. The van der Waals surface area contributed by atoms with Crippen molar-refractivity contribution in [2.24, 2.45) is 7.05 Å². The Kier molecular flexibility index (Phi) is 2.77. The molecule has 1 aliphatic heterocycles. The van der Waals surface area contributed by atoms with Gasteiger partial charge in [0.25, 0.3) is 0 Å². The lowest BCUT2D eigenvalue weighted by molar-refractivity contribution is -0.0176. The molecular weight excluding hydrogens is 208 g/mol. The quantitative estimate of drug-likeness (QED) is 0.673. The SMILES string of the molecule is CC1OCCC1(O)CNc1nn(C)cc1N. The Balaban J connectivity index is 1.99. The van der Waals surface area contributed by atoms with Gasteiger partial charge in [-0.3, -0.25) is 4.68 Å². The predicted octanol–water partition coefficient (Wildman–Crippen LogP) is -0.0459. The zero-order valence-electron chi connectivity index (χ0n) is 9.60. The van der Waals surface area contributed by atoms with Gasteiger partial charge in [-0.25, -0.2) is 0 Å². The monoisotopic (exact) mass is 226 g/mol. The van der Waals surface area contributed by atoms with E-state index in [9.17, 15) is 5.11 Å². The Labute approximate surface area is 94.4 Å². The van der Waals surface area contributed by atoms with Gasteiger partial charge in [-0.1, -0.05) is 0 Å². The van der Waals surface area contributed by atoms with Gasteiger partial charge in [0.1, 0.15) is 5.60 Å². The maximum absolute atomic E-state index is 10.3. The number of aromatic nitrogens is 2. The normalized spacial score (nSPS) is 29.6. The Bertz CT molecular complexity index is 379. The van der Waals surface area contributed by atoms with Crippen LogP contribution >= 0.6 is 0 Å². The van der Waals surface area contributed by atoms with E-state index < -0.39 is 5.60 Å². The molecule has 1 aliphatic rings. The minimum absolute atomic E-state index is 0.162. The van der Waals surface area contributed by atoms with Crippen LogP contribution < -0.4 is 11.1 Å². The third kappa shape index (κ3) is 1.98. The minimum atomic E-state index is -0.829. The second-order valence-corrected chi connectivity index (χ2v) is 4.33. The van der Waals surface area contributed by atoms with Crippen LogP contribution in [0.3, 0.4) is 0 Å². The van der Waals surface area contributed by atoms with E-state index in [4.69, 9.17) is 10.5 Å². The molecule has 90 valence electrons. The average Bonchev–Trinajstić information content (AvgIpc) is 2.69. The van der Waals surface area contributed by atoms with Gasteiger partial charge in [0, 0.05) is 32.8 Å². The zero-order valence-corrected chi connectivity index (χ0v) is 9.60. The minimum Gasteiger partial charge on any atom is -0.394 e. The molecule has 6 nitrogen and oxygen atoms in total. The highest BCUT2D eigenvalue weighted by Crippen LogP contribution is 2.26. The number of nitrogens with zero attached hydrogens (tertiary/aromatic N) is 2. The number of aliphatic hydroxyl groups is 1. The van der Waals surface area contributed by atoms with E-state index in [-0.39, 0.29) is 6.10 Å². The number of ether oxygens (including phenoxy) is 1. The molecule has 2 heterocycles. The van der Waals surface area contributed by atoms with E-state index in [2.05, 4.69) is 10.4 Å². The third-order valence-corrected chi connectivity index (χ3v) is 3.08. The van der Waals surface area contributed by atoms with Crippen molar-refractivity contribution in [3.8, 4) is 0 Å². The molecule has 2 unspecified atom stereocenters. The summed E-state index contributed by atoms with van der Waals surface area (Å²) in [5, 5.41) is 17.5. The summed E-state index contributed by atoms with van der Waals surface area (Å²) in [5.41, 5.74) is 5.50. The summed E-state index contributed by atoms with van der Waals surface area (Å²) in [7, 11) is 1.80. The molecule has 0 aromatic carbocycles. The van der Waals surface area contributed by atoms with Gasteiger partial charge in [0.05, 0.1) is 11.8 Å². The average molecular weight is 226 g/mol. The second kappa shape index (κ2) is 3.95. The number of anilines is 2. The van der Waals surface area contributed by atoms with Crippen LogP contribution in [0.5, 0.6) is 0 Å². The van der Waals surface area contributed by atoms with Crippen LogP contribution in [0.15, 0.2) is 6.20 Å². The van der Waals surface area contributed by atoms with Crippen LogP contribution in [-0.4, -0.2) is 39.7 Å². The first-order chi connectivity index (χ1) is 7.51. The highest BCUT2D eigenvalue weighted by molar-refractivity contribution is 5.59. The summed E-state index contributed by atoms with van der Waals surface area (Å²) in [6.45, 7) is 2.86. The van der Waals surface area contributed by atoms with Gasteiger partial charge in [-0.05, 0) is 6.92 Å². The van der Waals surface area contributed by atoms with E-state index in [0.717, 1.165) is 0 Å². The molecule has 1 fully saturated rings.